The van der Waals surface area contributed by atoms with E-state index in [0.717, 1.165) is 32.1 Å². The fourth-order valence-corrected chi connectivity index (χ4v) is 2.13. The van der Waals surface area contributed by atoms with Crippen molar-refractivity contribution >= 4 is 10.1 Å². The molecule has 1 unspecified atom stereocenters. The first-order chi connectivity index (χ1) is 8.06. The van der Waals surface area contributed by atoms with E-state index in [-0.39, 0.29) is 12.8 Å². The van der Waals surface area contributed by atoms with Gasteiger partial charge in [-0.25, -0.2) is 4.68 Å². The van der Waals surface area contributed by atoms with Gasteiger partial charge in [-0.15, -0.1) is 0 Å². The molecule has 1 aliphatic heterocycles. The van der Waals surface area contributed by atoms with Gasteiger partial charge in [-0.2, -0.15) is 13.5 Å². The Morgan fingerprint density at radius 1 is 1.59 bits per heavy atom. The van der Waals surface area contributed by atoms with Crippen molar-refractivity contribution in [3.63, 3.8) is 0 Å². The van der Waals surface area contributed by atoms with Crippen molar-refractivity contribution in [2.45, 2.75) is 32.1 Å². The summed E-state index contributed by atoms with van der Waals surface area (Å²) in [6.45, 7) is 0.718. The summed E-state index contributed by atoms with van der Waals surface area (Å²) >= 11 is 0. The number of rotatable bonds is 4. The number of hydrogen-bond acceptors (Lipinski definition) is 5. The van der Waals surface area contributed by atoms with E-state index in [2.05, 4.69) is 5.10 Å². The maximum absolute atomic E-state index is 10.9. The highest BCUT2D eigenvalue weighted by molar-refractivity contribution is 7.85. The molecule has 7 heteroatoms. The highest BCUT2D eigenvalue weighted by Gasteiger charge is 2.19. The van der Waals surface area contributed by atoms with Crippen molar-refractivity contribution in [3.8, 4) is 0 Å². The summed E-state index contributed by atoms with van der Waals surface area (Å²) in [6.07, 6.45) is 5.61. The first-order valence-corrected chi connectivity index (χ1v) is 7.36. The van der Waals surface area contributed by atoms with E-state index < -0.39 is 10.1 Å². The Morgan fingerprint density at radius 3 is 3.06 bits per heavy atom. The third-order valence-corrected chi connectivity index (χ3v) is 3.15. The van der Waals surface area contributed by atoms with E-state index in [1.807, 2.05) is 0 Å². The van der Waals surface area contributed by atoms with Crippen LogP contribution in [-0.2, 0) is 25.6 Å². The van der Waals surface area contributed by atoms with E-state index in [9.17, 15) is 8.42 Å². The molecular formula is C10H16N2O4S. The minimum atomic E-state index is -3.43. The number of nitrogens with zero attached hydrogens (tertiary/aromatic N) is 2. The fraction of sp³-hybridized carbons (Fsp3) is 0.700. The second-order valence-electron chi connectivity index (χ2n) is 4.05. The molecule has 0 radical (unpaired) electrons. The Labute approximate surface area is 101 Å². The first kappa shape index (κ1) is 12.5. The molecule has 0 bridgehead atoms. The van der Waals surface area contributed by atoms with Crippen LogP contribution in [0.2, 0.25) is 0 Å². The van der Waals surface area contributed by atoms with Crippen LogP contribution in [0.5, 0.6) is 0 Å². The molecule has 0 spiro atoms. The monoisotopic (exact) mass is 260 g/mol. The van der Waals surface area contributed by atoms with Gasteiger partial charge in [0, 0.05) is 12.8 Å². The van der Waals surface area contributed by atoms with E-state index in [1.54, 1.807) is 16.9 Å². The second-order valence-corrected chi connectivity index (χ2v) is 5.70. The molecule has 0 saturated carbocycles. The lowest BCUT2D eigenvalue weighted by Crippen LogP contribution is -2.21. The van der Waals surface area contributed by atoms with Crippen LogP contribution in [0, 0.1) is 0 Å². The van der Waals surface area contributed by atoms with Crippen LogP contribution in [0.15, 0.2) is 12.3 Å². The molecule has 1 aromatic rings. The van der Waals surface area contributed by atoms with Gasteiger partial charge in [0.25, 0.3) is 10.1 Å². The molecule has 1 saturated heterocycles. The van der Waals surface area contributed by atoms with E-state index in [4.69, 9.17) is 8.92 Å². The lowest BCUT2D eigenvalue weighted by molar-refractivity contribution is -0.0423. The second kappa shape index (κ2) is 5.16. The third-order valence-electron chi connectivity index (χ3n) is 2.60. The standard InChI is InChI=1S/C10H16N2O4S/c1-17(13,14)16-8-9-5-6-11-12(9)10-4-2-3-7-15-10/h5-6,10H,2-4,7-8H2,1H3. The van der Waals surface area contributed by atoms with Crippen molar-refractivity contribution in [3.05, 3.63) is 18.0 Å². The van der Waals surface area contributed by atoms with Gasteiger partial charge < -0.3 is 4.74 Å². The van der Waals surface area contributed by atoms with Crippen LogP contribution >= 0.6 is 0 Å². The predicted molar refractivity (Wildman–Crippen MR) is 60.7 cm³/mol. The van der Waals surface area contributed by atoms with Gasteiger partial charge >= 0.3 is 0 Å². The van der Waals surface area contributed by atoms with Gasteiger partial charge in [-0.3, -0.25) is 4.18 Å². The zero-order chi connectivity index (χ0) is 12.3. The van der Waals surface area contributed by atoms with E-state index in [0.29, 0.717) is 5.69 Å². The van der Waals surface area contributed by atoms with E-state index >= 15 is 0 Å². The van der Waals surface area contributed by atoms with Gasteiger partial charge in [0.05, 0.1) is 11.9 Å². The highest BCUT2D eigenvalue weighted by Crippen LogP contribution is 2.23. The van der Waals surface area contributed by atoms with Crippen LogP contribution in [-0.4, -0.2) is 31.1 Å². The number of ether oxygens (including phenoxy) is 1. The summed E-state index contributed by atoms with van der Waals surface area (Å²) < 4.78 is 33.9. The maximum Gasteiger partial charge on any atom is 0.264 e. The lowest BCUT2D eigenvalue weighted by atomic mass is 10.2. The molecule has 17 heavy (non-hydrogen) atoms. The average Bonchev–Trinajstić information content (AvgIpc) is 2.75. The van der Waals surface area contributed by atoms with Crippen molar-refractivity contribution in [2.24, 2.45) is 0 Å². The summed E-state index contributed by atoms with van der Waals surface area (Å²) in [6, 6.07) is 1.74. The van der Waals surface area contributed by atoms with Crippen molar-refractivity contribution in [1.29, 1.82) is 0 Å². The molecule has 2 heterocycles. The minimum Gasteiger partial charge on any atom is -0.357 e. The molecule has 1 aromatic heterocycles. The molecule has 2 rings (SSSR count). The summed E-state index contributed by atoms with van der Waals surface area (Å²) in [5.41, 5.74) is 0.710. The zero-order valence-electron chi connectivity index (χ0n) is 9.70. The zero-order valence-corrected chi connectivity index (χ0v) is 10.5. The minimum absolute atomic E-state index is 0.00130. The van der Waals surface area contributed by atoms with Gasteiger partial charge in [-0.05, 0) is 25.3 Å². The molecule has 0 aromatic carbocycles. The molecule has 1 aliphatic rings. The normalized spacial score (nSPS) is 21.6. The van der Waals surface area contributed by atoms with Crippen LogP contribution < -0.4 is 0 Å². The Balaban J connectivity index is 2.05. The molecule has 1 fully saturated rings. The Bertz CT molecular complexity index is 462. The fourth-order valence-electron chi connectivity index (χ4n) is 1.80. The molecular weight excluding hydrogens is 244 g/mol. The molecule has 6 nitrogen and oxygen atoms in total. The Kier molecular flexibility index (Phi) is 3.80. The third kappa shape index (κ3) is 3.52. The maximum atomic E-state index is 10.9. The summed E-state index contributed by atoms with van der Waals surface area (Å²) in [5.74, 6) is 0. The van der Waals surface area contributed by atoms with Crippen LogP contribution in [0.3, 0.4) is 0 Å². The summed E-state index contributed by atoms with van der Waals surface area (Å²) in [5, 5.41) is 4.16. The van der Waals surface area contributed by atoms with Crippen LogP contribution in [0.25, 0.3) is 0 Å². The largest absolute Gasteiger partial charge is 0.357 e. The van der Waals surface area contributed by atoms with Crippen LogP contribution in [0.4, 0.5) is 0 Å². The van der Waals surface area contributed by atoms with E-state index in [1.165, 1.54) is 0 Å². The first-order valence-electron chi connectivity index (χ1n) is 5.55. The lowest BCUT2D eigenvalue weighted by Gasteiger charge is -2.24. The van der Waals surface area contributed by atoms with Gasteiger partial charge in [-0.1, -0.05) is 0 Å². The number of aromatic nitrogens is 2. The quantitative estimate of drug-likeness (QED) is 0.757. The topological polar surface area (TPSA) is 70.4 Å². The van der Waals surface area contributed by atoms with Crippen molar-refractivity contribution in [2.75, 3.05) is 12.9 Å². The highest BCUT2D eigenvalue weighted by atomic mass is 32.2. The van der Waals surface area contributed by atoms with Crippen molar-refractivity contribution in [1.82, 2.24) is 9.78 Å². The molecule has 1 atom stereocenters. The Hall–Kier alpha value is -0.920. The molecule has 96 valence electrons. The average molecular weight is 260 g/mol. The smallest absolute Gasteiger partial charge is 0.264 e. The van der Waals surface area contributed by atoms with Gasteiger partial charge in [0.1, 0.15) is 6.61 Å². The SMILES string of the molecule is CS(=O)(=O)OCc1ccnn1C1CCCCO1. The summed E-state index contributed by atoms with van der Waals surface area (Å²) in [7, 11) is -3.43. The molecule has 0 amide bonds. The predicted octanol–water partition coefficient (Wildman–Crippen LogP) is 1.06. The Morgan fingerprint density at radius 2 is 2.41 bits per heavy atom. The molecule has 0 aliphatic carbocycles. The number of hydrogen-bond donors (Lipinski definition) is 0. The molecule has 0 N–H and O–H groups in total. The van der Waals surface area contributed by atoms with Crippen molar-refractivity contribution < 1.29 is 17.3 Å². The van der Waals surface area contributed by atoms with Gasteiger partial charge in [0.2, 0.25) is 0 Å². The van der Waals surface area contributed by atoms with Gasteiger partial charge in [0.15, 0.2) is 6.23 Å². The summed E-state index contributed by atoms with van der Waals surface area (Å²) in [4.78, 5) is 0. The van der Waals surface area contributed by atoms with Crippen LogP contribution in [0.1, 0.15) is 31.2 Å².